The van der Waals surface area contributed by atoms with Gasteiger partial charge in [-0.25, -0.2) is 0 Å². The largest absolute Gasteiger partial charge is 0.457 e. The zero-order valence-electron chi connectivity index (χ0n) is 52.2. The van der Waals surface area contributed by atoms with Gasteiger partial charge >= 0.3 is 11.9 Å². The molecule has 0 amide bonds. The summed E-state index contributed by atoms with van der Waals surface area (Å²) in [6.45, 7) is 16.3. The highest BCUT2D eigenvalue weighted by molar-refractivity contribution is 5.80. The summed E-state index contributed by atoms with van der Waals surface area (Å²) in [6.07, 6.45) is -37.1. The van der Waals surface area contributed by atoms with Crippen molar-refractivity contribution in [2.45, 2.75) is 286 Å². The number of carbonyl (C=O) groups is 2. The van der Waals surface area contributed by atoms with Crippen LogP contribution < -0.4 is 0 Å². The van der Waals surface area contributed by atoms with Gasteiger partial charge in [-0.15, -0.1) is 0 Å². The number of fused-ring (bicyclic) bond motifs is 7. The van der Waals surface area contributed by atoms with Gasteiger partial charge in [0.05, 0.1) is 56.4 Å². The van der Waals surface area contributed by atoms with Crippen molar-refractivity contribution in [3.05, 3.63) is 11.6 Å². The predicted molar refractivity (Wildman–Crippen MR) is 299 cm³/mol. The minimum absolute atomic E-state index is 0.102. The Morgan fingerprint density at radius 3 is 1.78 bits per heavy atom. The Bertz CT molecular complexity index is 2540. The molecular weight excluding hydrogens is 1180 g/mol. The van der Waals surface area contributed by atoms with Crippen LogP contribution in [0, 0.1) is 50.2 Å². The lowest BCUT2D eigenvalue weighted by molar-refractivity contribution is -0.380. The van der Waals surface area contributed by atoms with E-state index in [1.165, 1.54) is 20.8 Å². The quantitative estimate of drug-likeness (QED) is 0.0496. The van der Waals surface area contributed by atoms with Crippen LogP contribution in [-0.4, -0.2) is 274 Å². The maximum Gasteiger partial charge on any atom is 0.317 e. The summed E-state index contributed by atoms with van der Waals surface area (Å²) in [7, 11) is 0. The minimum atomic E-state index is -2.02. The summed E-state index contributed by atoms with van der Waals surface area (Å²) in [5.74, 6) is -2.73. The van der Waals surface area contributed by atoms with Gasteiger partial charge in [0.2, 0.25) is 6.29 Å². The molecule has 35 atom stereocenters. The van der Waals surface area contributed by atoms with Gasteiger partial charge in [0.15, 0.2) is 37.4 Å². The van der Waals surface area contributed by atoms with Gasteiger partial charge < -0.3 is 129 Å². The number of hydrogen-bond acceptors (Lipinski definition) is 28. The molecule has 0 aromatic heterocycles. The van der Waals surface area contributed by atoms with E-state index in [0.29, 0.717) is 32.1 Å². The Hall–Kier alpha value is -2.28. The third-order valence-electron chi connectivity index (χ3n) is 23.4. The number of ether oxygens (including phenoxy) is 11. The standard InChI is InChI=1S/C61H98O28/c1-23-35(68)37(70)40(73)51(80-23)86-47-30(66)21-79-50(44(47)77)85-45-24(2)81-52(42(75)39(45)72)87-48-43(76)46(83-26(4)64)25(3)82-54(48)89-55(78)61-16-15-56(5,6)17-28(61)27-11-12-33-57(7)18-29(65)49(88-53-41(74)38(71)36(69)31(20-62)84-53)58(8,22-63)32(57)13-14-59(33,9)60(27,10)19-34(61)67/h11,23-25,28-54,62-63,65-77H,12-22H2,1-10H3/t23-,24-,25+,28-,29-,30+,31+,32+,33+,34+,35-,36+,37+,38-,39-,40+,41+,42+,43-,44+,45-,46-,47-,48+,49-,50-,51-,52-,53-,54-,57-,58-,59+,60+,61+/m0/s1. The maximum absolute atomic E-state index is 15.7. The molecular formula is C61H98O28. The molecule has 10 rings (SSSR count). The van der Waals surface area contributed by atoms with Crippen LogP contribution in [0.15, 0.2) is 11.6 Å². The van der Waals surface area contributed by atoms with Gasteiger partial charge in [0.1, 0.15) is 90.9 Å². The Kier molecular flexibility index (Phi) is 19.8. The maximum atomic E-state index is 15.7. The van der Waals surface area contributed by atoms with Crippen LogP contribution in [0.1, 0.15) is 121 Å². The average Bonchev–Trinajstić information content (AvgIpc) is 0.686. The van der Waals surface area contributed by atoms with Crippen LogP contribution in [0.25, 0.3) is 0 Å². The molecule has 9 fully saturated rings. The topological polar surface area (TPSA) is 439 Å². The Labute approximate surface area is 516 Å². The number of aliphatic hydroxyl groups excluding tert-OH is 15. The summed E-state index contributed by atoms with van der Waals surface area (Å²) < 4.78 is 65.4. The Morgan fingerprint density at radius 1 is 0.551 bits per heavy atom. The summed E-state index contributed by atoms with van der Waals surface area (Å²) in [6, 6.07) is 0. The summed E-state index contributed by atoms with van der Waals surface area (Å²) in [5, 5.41) is 168. The zero-order chi connectivity index (χ0) is 65.3. The lowest BCUT2D eigenvalue weighted by Crippen LogP contribution is -2.70. The van der Waals surface area contributed by atoms with Gasteiger partial charge in [-0.2, -0.15) is 0 Å². The second-order valence-corrected chi connectivity index (χ2v) is 29.3. The number of esters is 2. The van der Waals surface area contributed by atoms with Crippen LogP contribution in [0.4, 0.5) is 0 Å². The van der Waals surface area contributed by atoms with Crippen molar-refractivity contribution in [3.63, 3.8) is 0 Å². The highest BCUT2D eigenvalue weighted by atomic mass is 16.8. The van der Waals surface area contributed by atoms with E-state index in [0.717, 1.165) is 12.5 Å². The van der Waals surface area contributed by atoms with E-state index >= 15 is 4.79 Å². The van der Waals surface area contributed by atoms with Gasteiger partial charge in [0.25, 0.3) is 0 Å². The molecule has 10 aliphatic rings. The molecule has 5 aliphatic heterocycles. The Balaban J connectivity index is 0.886. The van der Waals surface area contributed by atoms with Crippen molar-refractivity contribution < 1.29 is 138 Å². The molecule has 89 heavy (non-hydrogen) atoms. The Morgan fingerprint density at radius 2 is 1.13 bits per heavy atom. The first-order valence-electron chi connectivity index (χ1n) is 31.6. The number of hydrogen-bond donors (Lipinski definition) is 15. The second-order valence-electron chi connectivity index (χ2n) is 29.3. The highest BCUT2D eigenvalue weighted by Gasteiger charge is 2.73. The van der Waals surface area contributed by atoms with E-state index in [1.54, 1.807) is 0 Å². The average molecular weight is 1280 g/mol. The van der Waals surface area contributed by atoms with Crippen LogP contribution in [0.3, 0.4) is 0 Å². The van der Waals surface area contributed by atoms with E-state index in [4.69, 9.17) is 52.1 Å². The normalized spacial score (nSPS) is 54.9. The molecule has 510 valence electrons. The molecule has 0 spiro atoms. The van der Waals surface area contributed by atoms with Crippen molar-refractivity contribution in [1.82, 2.24) is 0 Å². The highest BCUT2D eigenvalue weighted by Crippen LogP contribution is 2.76. The van der Waals surface area contributed by atoms with E-state index in [2.05, 4.69) is 40.7 Å². The van der Waals surface area contributed by atoms with Gasteiger partial charge in [0, 0.05) is 12.3 Å². The molecule has 5 aliphatic carbocycles. The SMILES string of the molecule is CC(=O)O[C@@H]1[C@H](O)[C@@H](O[C@@H]2O[C@@H](C)[C@H](O[C@@H]3OC[C@@H](O)[C@H](O[C@@H]4O[C@@H](C)[C@H](O)[C@@H](O)[C@H]4O)[C@H]3O)[C@@H](O)[C@H]2O)[C@H](OC(=O)[C@]23CCC(C)(C)C[C@H]2C2=CC[C@@H]4[C@@]5(C)C[C@H](O)[C@H](O[C@@H]6O[C@H](CO)[C@@H](O)[C@H](O)[C@H]6O)[C@@](C)(CO)[C@@H]5CC[C@@]4(C)[C@]2(C)C[C@H]3O)O[C@@H]1C. The molecule has 15 N–H and O–H groups in total. The number of carbonyl (C=O) groups excluding carboxylic acids is 2. The van der Waals surface area contributed by atoms with Crippen LogP contribution in [0.5, 0.6) is 0 Å². The zero-order valence-corrected chi connectivity index (χ0v) is 52.2. The molecule has 5 heterocycles. The molecule has 28 nitrogen and oxygen atoms in total. The van der Waals surface area contributed by atoms with Crippen molar-refractivity contribution in [2.75, 3.05) is 19.8 Å². The third kappa shape index (κ3) is 11.6. The molecule has 5 saturated heterocycles. The molecule has 0 aromatic rings. The van der Waals surface area contributed by atoms with Crippen molar-refractivity contribution in [2.24, 2.45) is 50.2 Å². The van der Waals surface area contributed by atoms with Gasteiger partial charge in [-0.05, 0) is 112 Å². The van der Waals surface area contributed by atoms with Crippen LogP contribution in [-0.2, 0) is 61.7 Å². The fourth-order valence-corrected chi connectivity index (χ4v) is 18.2. The number of allylic oxidation sites excluding steroid dienone is 2. The smallest absolute Gasteiger partial charge is 0.317 e. The van der Waals surface area contributed by atoms with Crippen molar-refractivity contribution in [1.29, 1.82) is 0 Å². The van der Waals surface area contributed by atoms with Crippen molar-refractivity contribution >= 4 is 11.9 Å². The van der Waals surface area contributed by atoms with E-state index in [9.17, 15) is 81.4 Å². The van der Waals surface area contributed by atoms with Gasteiger partial charge in [-0.1, -0.05) is 53.2 Å². The molecule has 4 saturated carbocycles. The van der Waals surface area contributed by atoms with E-state index in [1.807, 2.05) is 6.92 Å². The minimum Gasteiger partial charge on any atom is -0.457 e. The summed E-state index contributed by atoms with van der Waals surface area (Å²) in [4.78, 5) is 28.2. The summed E-state index contributed by atoms with van der Waals surface area (Å²) in [5.41, 5.74) is -4.14. The predicted octanol–water partition coefficient (Wildman–Crippen LogP) is -3.00. The molecule has 28 heteroatoms. The second kappa shape index (κ2) is 25.4. The number of rotatable bonds is 13. The van der Waals surface area contributed by atoms with Crippen molar-refractivity contribution in [3.8, 4) is 0 Å². The lowest BCUT2D eigenvalue weighted by atomic mass is 9.33. The third-order valence-corrected chi connectivity index (χ3v) is 23.4. The lowest BCUT2D eigenvalue weighted by Gasteiger charge is -2.72. The monoisotopic (exact) mass is 1280 g/mol. The van der Waals surface area contributed by atoms with E-state index in [-0.39, 0.29) is 36.5 Å². The van der Waals surface area contributed by atoms with Crippen LogP contribution in [0.2, 0.25) is 0 Å². The number of aliphatic hydroxyl groups is 15. The first kappa shape index (κ1) is 69.5. The first-order chi connectivity index (χ1) is 41.5. The molecule has 0 bridgehead atoms. The molecule has 0 radical (unpaired) electrons. The first-order valence-corrected chi connectivity index (χ1v) is 31.6. The molecule has 0 unspecified atom stereocenters. The fraction of sp³-hybridized carbons (Fsp3) is 0.934. The van der Waals surface area contributed by atoms with E-state index < -0.39 is 230 Å². The van der Waals surface area contributed by atoms with Crippen LogP contribution >= 0.6 is 0 Å². The van der Waals surface area contributed by atoms with Gasteiger partial charge in [-0.3, -0.25) is 9.59 Å². The molecule has 0 aromatic carbocycles. The fourth-order valence-electron chi connectivity index (χ4n) is 18.2. The summed E-state index contributed by atoms with van der Waals surface area (Å²) >= 11 is 0.